The number of hydrogen-bond donors (Lipinski definition) is 1. The Kier molecular flexibility index (Phi) is 4.05. The third-order valence-corrected chi connectivity index (χ3v) is 4.65. The van der Waals surface area contributed by atoms with E-state index >= 15 is 0 Å². The van der Waals surface area contributed by atoms with Crippen LogP contribution in [-0.4, -0.2) is 35.4 Å². The molecule has 0 radical (unpaired) electrons. The predicted octanol–water partition coefficient (Wildman–Crippen LogP) is 2.43. The van der Waals surface area contributed by atoms with Gasteiger partial charge in [0.1, 0.15) is 5.82 Å². The smallest absolute Gasteiger partial charge is 0.231 e. The number of halogens is 1. The van der Waals surface area contributed by atoms with Gasteiger partial charge in [-0.05, 0) is 41.8 Å². The Morgan fingerprint density at radius 2 is 1.92 bits per heavy atom. The van der Waals surface area contributed by atoms with Crippen molar-refractivity contribution in [2.45, 2.75) is 25.0 Å². The zero-order valence-corrected chi connectivity index (χ0v) is 13.5. The minimum Gasteiger partial charge on any atom is -0.454 e. The van der Waals surface area contributed by atoms with Gasteiger partial charge in [-0.15, -0.1) is 0 Å². The molecule has 0 spiro atoms. The molecule has 2 atom stereocenters. The molecule has 1 fully saturated rings. The molecule has 2 aromatic carbocycles. The third-order valence-electron chi connectivity index (χ3n) is 4.65. The van der Waals surface area contributed by atoms with E-state index in [-0.39, 0.29) is 37.5 Å². The first-order valence-electron chi connectivity index (χ1n) is 8.21. The number of amides is 1. The van der Waals surface area contributed by atoms with Crippen LogP contribution in [-0.2, 0) is 11.2 Å². The first kappa shape index (κ1) is 15.9. The number of aliphatic hydroxyl groups is 1. The molecule has 2 aliphatic rings. The minimum atomic E-state index is -0.573. The summed E-state index contributed by atoms with van der Waals surface area (Å²) in [5.41, 5.74) is 1.66. The Hall–Kier alpha value is -2.60. The lowest BCUT2D eigenvalue weighted by atomic mass is 10.0. The molecule has 1 N–H and O–H groups in total. The highest BCUT2D eigenvalue weighted by atomic mass is 19.1. The molecular weight excluding hydrogens is 325 g/mol. The number of hydrogen-bond acceptors (Lipinski definition) is 4. The molecule has 4 rings (SSSR count). The minimum absolute atomic E-state index is 0.0789. The lowest BCUT2D eigenvalue weighted by Gasteiger charge is -2.25. The number of β-amino-alcohol motifs (C(OH)–C–C–N with tert-alkyl or cyclic N) is 1. The maximum atomic E-state index is 13.2. The predicted molar refractivity (Wildman–Crippen MR) is 87.7 cm³/mol. The molecule has 2 heterocycles. The van der Waals surface area contributed by atoms with Crippen LogP contribution < -0.4 is 9.47 Å². The molecule has 0 aromatic heterocycles. The van der Waals surface area contributed by atoms with Crippen LogP contribution in [0, 0.1) is 5.82 Å². The Morgan fingerprint density at radius 1 is 1.16 bits per heavy atom. The van der Waals surface area contributed by atoms with Gasteiger partial charge in [0.2, 0.25) is 12.7 Å². The van der Waals surface area contributed by atoms with Crippen molar-refractivity contribution < 1.29 is 23.8 Å². The highest BCUT2D eigenvalue weighted by Gasteiger charge is 2.35. The van der Waals surface area contributed by atoms with Crippen LogP contribution in [0.25, 0.3) is 0 Å². The SMILES string of the molecule is O=C(Cc1ccc2c(c1)OCO2)N1CC(O)CC1c1ccc(F)cc1. The zero-order valence-electron chi connectivity index (χ0n) is 13.5. The van der Waals surface area contributed by atoms with E-state index < -0.39 is 6.10 Å². The molecule has 0 aliphatic carbocycles. The van der Waals surface area contributed by atoms with Gasteiger partial charge in [0.25, 0.3) is 0 Å². The number of ether oxygens (including phenoxy) is 2. The van der Waals surface area contributed by atoms with Crippen molar-refractivity contribution in [1.29, 1.82) is 0 Å². The van der Waals surface area contributed by atoms with E-state index in [9.17, 15) is 14.3 Å². The molecule has 1 amide bonds. The van der Waals surface area contributed by atoms with Crippen LogP contribution >= 0.6 is 0 Å². The Bertz CT molecular complexity index is 793. The first-order valence-corrected chi connectivity index (χ1v) is 8.21. The highest BCUT2D eigenvalue weighted by molar-refractivity contribution is 5.80. The molecule has 0 saturated carbocycles. The van der Waals surface area contributed by atoms with E-state index in [1.165, 1.54) is 12.1 Å². The van der Waals surface area contributed by atoms with E-state index in [4.69, 9.17) is 9.47 Å². The monoisotopic (exact) mass is 343 g/mol. The number of benzene rings is 2. The molecule has 130 valence electrons. The maximum absolute atomic E-state index is 13.2. The topological polar surface area (TPSA) is 59.0 Å². The van der Waals surface area contributed by atoms with E-state index in [1.807, 2.05) is 6.07 Å². The zero-order chi connectivity index (χ0) is 17.4. The Morgan fingerprint density at radius 3 is 2.72 bits per heavy atom. The van der Waals surface area contributed by atoms with Crippen LogP contribution in [0.5, 0.6) is 11.5 Å². The van der Waals surface area contributed by atoms with Gasteiger partial charge in [-0.3, -0.25) is 4.79 Å². The van der Waals surface area contributed by atoms with Crippen molar-refractivity contribution >= 4 is 5.91 Å². The average Bonchev–Trinajstić information content (AvgIpc) is 3.21. The van der Waals surface area contributed by atoms with E-state index in [0.717, 1.165) is 11.1 Å². The second-order valence-corrected chi connectivity index (χ2v) is 6.37. The van der Waals surface area contributed by atoms with Crippen molar-refractivity contribution in [1.82, 2.24) is 4.90 Å². The number of nitrogens with zero attached hydrogens (tertiary/aromatic N) is 1. The quantitative estimate of drug-likeness (QED) is 0.930. The lowest BCUT2D eigenvalue weighted by Crippen LogP contribution is -2.33. The van der Waals surface area contributed by atoms with Gasteiger partial charge in [0, 0.05) is 6.54 Å². The van der Waals surface area contributed by atoms with Crippen molar-refractivity contribution in [2.24, 2.45) is 0 Å². The molecule has 5 nitrogen and oxygen atoms in total. The number of fused-ring (bicyclic) bond motifs is 1. The summed E-state index contributed by atoms with van der Waals surface area (Å²) >= 11 is 0. The van der Waals surface area contributed by atoms with E-state index in [1.54, 1.807) is 29.2 Å². The van der Waals surface area contributed by atoms with Gasteiger partial charge in [-0.25, -0.2) is 4.39 Å². The molecule has 25 heavy (non-hydrogen) atoms. The van der Waals surface area contributed by atoms with Gasteiger partial charge in [-0.2, -0.15) is 0 Å². The fourth-order valence-electron chi connectivity index (χ4n) is 3.42. The number of carbonyl (C=O) groups excluding carboxylic acids is 1. The summed E-state index contributed by atoms with van der Waals surface area (Å²) < 4.78 is 23.8. The number of carbonyl (C=O) groups is 1. The van der Waals surface area contributed by atoms with Crippen LogP contribution in [0.15, 0.2) is 42.5 Å². The van der Waals surface area contributed by atoms with Crippen molar-refractivity contribution in [3.8, 4) is 11.5 Å². The molecule has 2 unspecified atom stereocenters. The van der Waals surface area contributed by atoms with Gasteiger partial charge >= 0.3 is 0 Å². The average molecular weight is 343 g/mol. The Labute approximate surface area is 144 Å². The third kappa shape index (κ3) is 3.17. The largest absolute Gasteiger partial charge is 0.454 e. The van der Waals surface area contributed by atoms with Crippen LogP contribution in [0.4, 0.5) is 4.39 Å². The molecular formula is C19H18FNO4. The second-order valence-electron chi connectivity index (χ2n) is 6.37. The molecule has 0 bridgehead atoms. The summed E-state index contributed by atoms with van der Waals surface area (Å²) in [5.74, 6) is 0.920. The van der Waals surface area contributed by atoms with E-state index in [0.29, 0.717) is 17.9 Å². The standard InChI is InChI=1S/C19H18FNO4/c20-14-4-2-13(3-5-14)16-9-15(22)10-21(16)19(23)8-12-1-6-17-18(7-12)25-11-24-17/h1-7,15-16,22H,8-11H2. The fraction of sp³-hybridized carbons (Fsp3) is 0.316. The number of aliphatic hydroxyl groups excluding tert-OH is 1. The van der Waals surface area contributed by atoms with Crippen LogP contribution in [0.2, 0.25) is 0 Å². The first-order chi connectivity index (χ1) is 12.1. The fourth-order valence-corrected chi connectivity index (χ4v) is 3.42. The summed E-state index contributed by atoms with van der Waals surface area (Å²) in [4.78, 5) is 14.4. The summed E-state index contributed by atoms with van der Waals surface area (Å²) in [7, 11) is 0. The number of rotatable bonds is 3. The van der Waals surface area contributed by atoms with Gasteiger partial charge in [-0.1, -0.05) is 18.2 Å². The van der Waals surface area contributed by atoms with Crippen LogP contribution in [0.1, 0.15) is 23.6 Å². The second kappa shape index (κ2) is 6.37. The van der Waals surface area contributed by atoms with Crippen molar-refractivity contribution in [3.63, 3.8) is 0 Å². The summed E-state index contributed by atoms with van der Waals surface area (Å²) in [5, 5.41) is 10.0. The van der Waals surface area contributed by atoms with Gasteiger partial charge in [0.15, 0.2) is 11.5 Å². The summed E-state index contributed by atoms with van der Waals surface area (Å²) in [6, 6.07) is 11.3. The number of likely N-dealkylation sites (tertiary alicyclic amines) is 1. The van der Waals surface area contributed by atoms with Crippen molar-refractivity contribution in [3.05, 3.63) is 59.4 Å². The molecule has 6 heteroatoms. The van der Waals surface area contributed by atoms with Crippen molar-refractivity contribution in [2.75, 3.05) is 13.3 Å². The normalized spacial score (nSPS) is 21.6. The van der Waals surface area contributed by atoms with Gasteiger partial charge < -0.3 is 19.5 Å². The lowest BCUT2D eigenvalue weighted by molar-refractivity contribution is -0.131. The molecule has 2 aromatic rings. The maximum Gasteiger partial charge on any atom is 0.231 e. The highest BCUT2D eigenvalue weighted by Crippen LogP contribution is 2.35. The molecule has 2 aliphatic heterocycles. The Balaban J connectivity index is 1.52. The summed E-state index contributed by atoms with van der Waals surface area (Å²) in [6.45, 7) is 0.475. The van der Waals surface area contributed by atoms with E-state index in [2.05, 4.69) is 0 Å². The van der Waals surface area contributed by atoms with Crippen LogP contribution in [0.3, 0.4) is 0 Å². The summed E-state index contributed by atoms with van der Waals surface area (Å²) in [6.07, 6.45) is 0.0929. The molecule has 1 saturated heterocycles. The van der Waals surface area contributed by atoms with Gasteiger partial charge in [0.05, 0.1) is 18.6 Å².